The van der Waals surface area contributed by atoms with Crippen LogP contribution < -0.4 is 5.32 Å². The van der Waals surface area contributed by atoms with Crippen molar-refractivity contribution in [2.75, 3.05) is 18.9 Å². The Morgan fingerprint density at radius 2 is 2.00 bits per heavy atom. The van der Waals surface area contributed by atoms with Crippen molar-refractivity contribution in [1.82, 2.24) is 15.3 Å². The first-order chi connectivity index (χ1) is 13.7. The average Bonchev–Trinajstić information content (AvgIpc) is 3.24. The van der Waals surface area contributed by atoms with Crippen LogP contribution in [0.15, 0.2) is 58.0 Å². The predicted octanol–water partition coefficient (Wildman–Crippen LogP) is 4.45. The van der Waals surface area contributed by atoms with Crippen molar-refractivity contribution in [2.45, 2.75) is 24.0 Å². The van der Waals surface area contributed by atoms with Gasteiger partial charge in [-0.25, -0.2) is 9.97 Å². The van der Waals surface area contributed by atoms with Crippen LogP contribution in [0.5, 0.6) is 0 Å². The summed E-state index contributed by atoms with van der Waals surface area (Å²) in [5.41, 5.74) is 1.82. The van der Waals surface area contributed by atoms with E-state index in [9.17, 15) is 4.79 Å². The summed E-state index contributed by atoms with van der Waals surface area (Å²) in [7, 11) is 0. The van der Waals surface area contributed by atoms with Crippen LogP contribution >= 0.6 is 27.7 Å². The van der Waals surface area contributed by atoms with Crippen molar-refractivity contribution in [1.29, 1.82) is 0 Å². The van der Waals surface area contributed by atoms with Gasteiger partial charge in [-0.15, -0.1) is 0 Å². The third kappa shape index (κ3) is 4.71. The summed E-state index contributed by atoms with van der Waals surface area (Å²) in [4.78, 5) is 21.7. The van der Waals surface area contributed by atoms with Crippen molar-refractivity contribution < 1.29 is 9.53 Å². The number of fused-ring (bicyclic) bond motifs is 1. The van der Waals surface area contributed by atoms with Crippen LogP contribution in [0, 0.1) is 0 Å². The minimum Gasteiger partial charge on any atom is -0.376 e. The third-order valence-electron chi connectivity index (χ3n) is 4.56. The van der Waals surface area contributed by atoms with Gasteiger partial charge in [-0.1, -0.05) is 58.0 Å². The Balaban J connectivity index is 1.51. The van der Waals surface area contributed by atoms with E-state index in [0.717, 1.165) is 45.4 Å². The van der Waals surface area contributed by atoms with Crippen LogP contribution in [0.1, 0.15) is 12.8 Å². The molecule has 7 heteroatoms. The fourth-order valence-electron chi connectivity index (χ4n) is 3.10. The van der Waals surface area contributed by atoms with Gasteiger partial charge in [-0.3, -0.25) is 4.79 Å². The molecule has 0 unspecified atom stereocenters. The Bertz CT molecular complexity index is 975. The SMILES string of the molecule is O=C(CSc1nc(-c2ccc(Br)cc2)nc2ccccc12)NC[C@@H]1CCCO1. The molecule has 3 aromatic rings. The number of thioether (sulfide) groups is 1. The molecule has 28 heavy (non-hydrogen) atoms. The van der Waals surface area contributed by atoms with Crippen LogP contribution in [0.25, 0.3) is 22.3 Å². The van der Waals surface area contributed by atoms with Crippen LogP contribution in [-0.4, -0.2) is 40.9 Å². The molecular weight excluding hydrogens is 438 g/mol. The van der Waals surface area contributed by atoms with E-state index in [1.54, 1.807) is 0 Å². The number of carbonyl (C=O) groups is 1. The van der Waals surface area contributed by atoms with Crippen molar-refractivity contribution in [3.8, 4) is 11.4 Å². The molecule has 1 amide bonds. The van der Waals surface area contributed by atoms with E-state index in [-0.39, 0.29) is 12.0 Å². The van der Waals surface area contributed by atoms with E-state index in [2.05, 4.69) is 21.2 Å². The van der Waals surface area contributed by atoms with Crippen LogP contribution in [0.4, 0.5) is 0 Å². The first kappa shape index (κ1) is 19.4. The van der Waals surface area contributed by atoms with Gasteiger partial charge in [0.05, 0.1) is 17.4 Å². The number of halogens is 1. The summed E-state index contributed by atoms with van der Waals surface area (Å²) in [6.45, 7) is 1.37. The Morgan fingerprint density at radius 1 is 1.18 bits per heavy atom. The highest BCUT2D eigenvalue weighted by atomic mass is 79.9. The minimum atomic E-state index is -0.00612. The zero-order valence-electron chi connectivity index (χ0n) is 15.2. The number of hydrogen-bond donors (Lipinski definition) is 1. The molecule has 0 saturated carbocycles. The van der Waals surface area contributed by atoms with E-state index in [4.69, 9.17) is 14.7 Å². The number of amides is 1. The number of nitrogens with one attached hydrogen (secondary N) is 1. The number of para-hydroxylation sites is 1. The Labute approximate surface area is 176 Å². The number of benzene rings is 2. The summed E-state index contributed by atoms with van der Waals surface area (Å²) in [6, 6.07) is 15.8. The molecule has 1 aliphatic heterocycles. The standard InChI is InChI=1S/C21H20BrN3O2S/c22-15-9-7-14(8-10-15)20-24-18-6-2-1-5-17(18)21(25-20)28-13-19(26)23-12-16-4-3-11-27-16/h1-2,5-10,16H,3-4,11-13H2,(H,23,26)/t16-/m0/s1. The van der Waals surface area contributed by atoms with Crippen molar-refractivity contribution in [3.63, 3.8) is 0 Å². The highest BCUT2D eigenvalue weighted by molar-refractivity contribution is 9.10. The number of ether oxygens (including phenoxy) is 1. The molecule has 0 bridgehead atoms. The van der Waals surface area contributed by atoms with Crippen molar-refractivity contribution in [2.24, 2.45) is 0 Å². The summed E-state index contributed by atoms with van der Waals surface area (Å²) in [5, 5.41) is 4.74. The first-order valence-corrected chi connectivity index (χ1v) is 11.0. The minimum absolute atomic E-state index is 0.00612. The maximum atomic E-state index is 12.3. The molecule has 1 aromatic heterocycles. The molecule has 144 valence electrons. The maximum absolute atomic E-state index is 12.3. The topological polar surface area (TPSA) is 64.1 Å². The van der Waals surface area contributed by atoms with Crippen molar-refractivity contribution >= 4 is 44.5 Å². The Hall–Kier alpha value is -1.96. The monoisotopic (exact) mass is 457 g/mol. The van der Waals surface area contributed by atoms with Gasteiger partial charge in [-0.2, -0.15) is 0 Å². The zero-order valence-corrected chi connectivity index (χ0v) is 17.6. The molecule has 1 aliphatic rings. The number of nitrogens with zero attached hydrogens (tertiary/aromatic N) is 2. The number of hydrogen-bond acceptors (Lipinski definition) is 5. The molecule has 2 heterocycles. The van der Waals surface area contributed by atoms with E-state index >= 15 is 0 Å². The van der Waals surface area contributed by atoms with Crippen LogP contribution in [0.3, 0.4) is 0 Å². The fraction of sp³-hybridized carbons (Fsp3) is 0.286. The molecule has 1 N–H and O–H groups in total. The van der Waals surface area contributed by atoms with Gasteiger partial charge < -0.3 is 10.1 Å². The van der Waals surface area contributed by atoms with Gasteiger partial charge in [0, 0.05) is 28.6 Å². The Kier molecular flexibility index (Phi) is 6.24. The quantitative estimate of drug-likeness (QED) is 0.437. The molecule has 1 saturated heterocycles. The van der Waals surface area contributed by atoms with E-state index in [0.29, 0.717) is 18.1 Å². The van der Waals surface area contributed by atoms with Gasteiger partial charge in [0.25, 0.3) is 0 Å². The van der Waals surface area contributed by atoms with E-state index < -0.39 is 0 Å². The van der Waals surface area contributed by atoms with Crippen molar-refractivity contribution in [3.05, 3.63) is 53.0 Å². The van der Waals surface area contributed by atoms with Gasteiger partial charge >= 0.3 is 0 Å². The molecular formula is C21H20BrN3O2S. The second kappa shape index (κ2) is 9.03. The Morgan fingerprint density at radius 3 is 2.79 bits per heavy atom. The van der Waals surface area contributed by atoms with Gasteiger partial charge in [-0.05, 0) is 31.0 Å². The molecule has 4 rings (SSSR count). The largest absolute Gasteiger partial charge is 0.376 e. The second-order valence-corrected chi connectivity index (χ2v) is 8.48. The van der Waals surface area contributed by atoms with Gasteiger partial charge in [0.1, 0.15) is 5.03 Å². The maximum Gasteiger partial charge on any atom is 0.230 e. The third-order valence-corrected chi connectivity index (χ3v) is 6.08. The zero-order chi connectivity index (χ0) is 19.3. The van der Waals surface area contributed by atoms with Gasteiger partial charge in [0.2, 0.25) is 5.91 Å². The lowest BCUT2D eigenvalue weighted by Gasteiger charge is -2.11. The highest BCUT2D eigenvalue weighted by Crippen LogP contribution is 2.28. The molecule has 0 radical (unpaired) electrons. The molecule has 2 aromatic carbocycles. The summed E-state index contributed by atoms with van der Waals surface area (Å²) in [5.74, 6) is 0.967. The van der Waals surface area contributed by atoms with Crippen LogP contribution in [-0.2, 0) is 9.53 Å². The smallest absolute Gasteiger partial charge is 0.230 e. The number of rotatable bonds is 6. The summed E-state index contributed by atoms with van der Waals surface area (Å²) < 4.78 is 6.56. The molecule has 0 spiro atoms. The molecule has 1 fully saturated rings. The summed E-state index contributed by atoms with van der Waals surface area (Å²) >= 11 is 4.89. The highest BCUT2D eigenvalue weighted by Gasteiger charge is 2.17. The first-order valence-electron chi connectivity index (χ1n) is 9.23. The normalized spacial score (nSPS) is 16.4. The lowest BCUT2D eigenvalue weighted by Crippen LogP contribution is -2.32. The second-order valence-electron chi connectivity index (χ2n) is 6.60. The van der Waals surface area contributed by atoms with E-state index in [1.165, 1.54) is 11.8 Å². The fourth-order valence-corrected chi connectivity index (χ4v) is 4.22. The predicted molar refractivity (Wildman–Crippen MR) is 115 cm³/mol. The lowest BCUT2D eigenvalue weighted by atomic mass is 10.2. The van der Waals surface area contributed by atoms with Crippen LogP contribution in [0.2, 0.25) is 0 Å². The average molecular weight is 458 g/mol. The molecule has 1 atom stereocenters. The summed E-state index contributed by atoms with van der Waals surface area (Å²) in [6.07, 6.45) is 2.24. The molecule has 0 aliphatic carbocycles. The number of aromatic nitrogens is 2. The van der Waals surface area contributed by atoms with Gasteiger partial charge in [0.15, 0.2) is 5.82 Å². The number of carbonyl (C=O) groups excluding carboxylic acids is 1. The molecule has 5 nitrogen and oxygen atoms in total. The lowest BCUT2D eigenvalue weighted by molar-refractivity contribution is -0.119. The van der Waals surface area contributed by atoms with E-state index in [1.807, 2.05) is 48.5 Å².